The summed E-state index contributed by atoms with van der Waals surface area (Å²) in [7, 11) is 2.12. The first-order chi connectivity index (χ1) is 7.77. The smallest absolute Gasteiger partial charge is 0.240 e. The molecule has 0 saturated carbocycles. The fraction of sp³-hybridized carbons (Fsp3) is 0.923. The molecule has 4 nitrogen and oxygen atoms in total. The number of hydrogen-bond acceptors (Lipinski definition) is 3. The molecule has 1 unspecified atom stereocenters. The van der Waals surface area contributed by atoms with Gasteiger partial charge in [0.1, 0.15) is 0 Å². The van der Waals surface area contributed by atoms with E-state index < -0.39 is 6.04 Å². The summed E-state index contributed by atoms with van der Waals surface area (Å²) in [5, 5.41) is 0. The molecule has 1 aliphatic rings. The lowest BCUT2D eigenvalue weighted by Crippen LogP contribution is -2.58. The molecule has 1 rings (SSSR count). The highest BCUT2D eigenvalue weighted by Crippen LogP contribution is 2.20. The Labute approximate surface area is 105 Å². The van der Waals surface area contributed by atoms with Crippen molar-refractivity contribution in [1.82, 2.24) is 9.80 Å². The van der Waals surface area contributed by atoms with Gasteiger partial charge in [0.2, 0.25) is 5.91 Å². The number of nitrogens with zero attached hydrogens (tertiary/aromatic N) is 2. The van der Waals surface area contributed by atoms with Crippen molar-refractivity contribution in [2.45, 2.75) is 46.2 Å². The Balaban J connectivity index is 2.65. The van der Waals surface area contributed by atoms with Gasteiger partial charge >= 0.3 is 0 Å². The summed E-state index contributed by atoms with van der Waals surface area (Å²) < 4.78 is 0. The topological polar surface area (TPSA) is 49.6 Å². The molecule has 100 valence electrons. The Kier molecular flexibility index (Phi) is 4.55. The molecule has 2 atom stereocenters. The van der Waals surface area contributed by atoms with Gasteiger partial charge in [-0.3, -0.25) is 9.69 Å². The highest BCUT2D eigenvalue weighted by Gasteiger charge is 2.34. The van der Waals surface area contributed by atoms with Gasteiger partial charge in [0.15, 0.2) is 0 Å². The highest BCUT2D eigenvalue weighted by atomic mass is 16.2. The van der Waals surface area contributed by atoms with E-state index in [1.165, 1.54) is 0 Å². The summed E-state index contributed by atoms with van der Waals surface area (Å²) in [5.41, 5.74) is 5.88. The average molecular weight is 241 g/mol. The Bertz CT molecular complexity index is 272. The predicted octanol–water partition coefficient (Wildman–Crippen LogP) is 0.912. The van der Waals surface area contributed by atoms with Gasteiger partial charge in [0.05, 0.1) is 6.04 Å². The molecular formula is C13H27N3O. The van der Waals surface area contributed by atoms with Gasteiger partial charge in [-0.25, -0.2) is 0 Å². The number of rotatable bonds is 2. The minimum Gasteiger partial charge on any atom is -0.338 e. The second-order valence-electron chi connectivity index (χ2n) is 6.17. The Morgan fingerprint density at radius 1 is 1.41 bits per heavy atom. The van der Waals surface area contributed by atoms with Crippen LogP contribution < -0.4 is 5.73 Å². The fourth-order valence-electron chi connectivity index (χ4n) is 2.15. The Morgan fingerprint density at radius 2 is 2.00 bits per heavy atom. The summed E-state index contributed by atoms with van der Waals surface area (Å²) >= 11 is 0. The van der Waals surface area contributed by atoms with Crippen molar-refractivity contribution in [3.05, 3.63) is 0 Å². The van der Waals surface area contributed by atoms with Crippen molar-refractivity contribution < 1.29 is 4.79 Å². The van der Waals surface area contributed by atoms with Gasteiger partial charge in [0, 0.05) is 25.7 Å². The largest absolute Gasteiger partial charge is 0.338 e. The van der Waals surface area contributed by atoms with E-state index in [1.807, 2.05) is 25.7 Å². The minimum atomic E-state index is -0.400. The highest BCUT2D eigenvalue weighted by molar-refractivity contribution is 5.82. The first-order valence-corrected chi connectivity index (χ1v) is 6.52. The van der Waals surface area contributed by atoms with E-state index in [-0.39, 0.29) is 11.3 Å². The summed E-state index contributed by atoms with van der Waals surface area (Å²) in [6.45, 7) is 10.8. The number of hydrogen-bond donors (Lipinski definition) is 1. The quantitative estimate of drug-likeness (QED) is 0.782. The van der Waals surface area contributed by atoms with Crippen LogP contribution in [-0.2, 0) is 4.79 Å². The number of piperazine rings is 1. The van der Waals surface area contributed by atoms with Crippen LogP contribution in [0.4, 0.5) is 0 Å². The fourth-order valence-corrected chi connectivity index (χ4v) is 2.15. The molecule has 1 saturated heterocycles. The number of likely N-dealkylation sites (N-methyl/N-ethyl adjacent to an activating group) is 1. The van der Waals surface area contributed by atoms with E-state index in [0.717, 1.165) is 26.1 Å². The maximum atomic E-state index is 12.3. The molecule has 0 aromatic carbocycles. The van der Waals surface area contributed by atoms with Gasteiger partial charge < -0.3 is 10.6 Å². The molecule has 4 heteroatoms. The van der Waals surface area contributed by atoms with E-state index in [4.69, 9.17) is 5.73 Å². The molecule has 0 bridgehead atoms. The van der Waals surface area contributed by atoms with Gasteiger partial charge in [-0.05, 0) is 18.9 Å². The minimum absolute atomic E-state index is 0.101. The number of carbonyl (C=O) groups excluding carboxylic acids is 1. The molecule has 1 fully saturated rings. The van der Waals surface area contributed by atoms with E-state index >= 15 is 0 Å². The molecule has 0 aliphatic carbocycles. The zero-order valence-electron chi connectivity index (χ0n) is 11.9. The van der Waals surface area contributed by atoms with Gasteiger partial charge in [-0.15, -0.1) is 0 Å². The zero-order chi connectivity index (χ0) is 13.2. The molecule has 0 aromatic heterocycles. The molecule has 17 heavy (non-hydrogen) atoms. The Hall–Kier alpha value is -0.610. The van der Waals surface area contributed by atoms with Crippen LogP contribution in [0.3, 0.4) is 0 Å². The van der Waals surface area contributed by atoms with E-state index in [9.17, 15) is 4.79 Å². The second kappa shape index (κ2) is 5.36. The summed E-state index contributed by atoms with van der Waals surface area (Å²) in [6, 6.07) is 0.0725. The number of carbonyl (C=O) groups is 1. The standard InChI is InChI=1S/C13H27N3O/c1-6-10-9-16(8-7-15(10)5)12(17)11(14)13(2,3)4/h10-11H,6-9,14H2,1-5H3/t10?,11-/m0/s1. The lowest BCUT2D eigenvalue weighted by molar-refractivity contribution is -0.137. The number of amides is 1. The molecule has 1 aliphatic heterocycles. The van der Waals surface area contributed by atoms with Crippen molar-refractivity contribution in [3.8, 4) is 0 Å². The van der Waals surface area contributed by atoms with Crippen LogP contribution in [0.15, 0.2) is 0 Å². The molecule has 0 aromatic rings. The van der Waals surface area contributed by atoms with Crippen LogP contribution in [0.1, 0.15) is 34.1 Å². The van der Waals surface area contributed by atoms with Crippen molar-refractivity contribution >= 4 is 5.91 Å². The van der Waals surface area contributed by atoms with Gasteiger partial charge in [-0.1, -0.05) is 27.7 Å². The van der Waals surface area contributed by atoms with Crippen molar-refractivity contribution in [2.24, 2.45) is 11.1 Å². The lowest BCUT2D eigenvalue weighted by atomic mass is 9.86. The summed E-state index contributed by atoms with van der Waals surface area (Å²) in [4.78, 5) is 16.6. The normalized spacial score (nSPS) is 24.8. The van der Waals surface area contributed by atoms with Crippen LogP contribution in [-0.4, -0.2) is 54.5 Å². The van der Waals surface area contributed by atoms with Crippen LogP contribution in [0, 0.1) is 5.41 Å². The summed E-state index contributed by atoms with van der Waals surface area (Å²) in [6.07, 6.45) is 1.07. The van der Waals surface area contributed by atoms with Crippen molar-refractivity contribution in [2.75, 3.05) is 26.7 Å². The van der Waals surface area contributed by atoms with Crippen molar-refractivity contribution in [3.63, 3.8) is 0 Å². The predicted molar refractivity (Wildman–Crippen MR) is 70.7 cm³/mol. The van der Waals surface area contributed by atoms with E-state index in [1.54, 1.807) is 0 Å². The first-order valence-electron chi connectivity index (χ1n) is 6.52. The van der Waals surface area contributed by atoms with E-state index in [2.05, 4.69) is 18.9 Å². The molecule has 1 heterocycles. The van der Waals surface area contributed by atoms with Crippen LogP contribution in [0.25, 0.3) is 0 Å². The lowest BCUT2D eigenvalue weighted by Gasteiger charge is -2.41. The molecule has 0 spiro atoms. The van der Waals surface area contributed by atoms with Gasteiger partial charge in [0.25, 0.3) is 0 Å². The van der Waals surface area contributed by atoms with Crippen LogP contribution >= 0.6 is 0 Å². The third-order valence-electron chi connectivity index (χ3n) is 3.76. The SMILES string of the molecule is CCC1CN(C(=O)[C@H](N)C(C)(C)C)CCN1C. The first kappa shape index (κ1) is 14.5. The third-order valence-corrected chi connectivity index (χ3v) is 3.76. The van der Waals surface area contributed by atoms with E-state index in [0.29, 0.717) is 6.04 Å². The average Bonchev–Trinajstić information content (AvgIpc) is 2.26. The number of nitrogens with two attached hydrogens (primary N) is 1. The Morgan fingerprint density at radius 3 is 2.47 bits per heavy atom. The summed E-state index contributed by atoms with van der Waals surface area (Å²) in [5.74, 6) is 0.101. The molecule has 1 amide bonds. The van der Waals surface area contributed by atoms with Crippen LogP contribution in [0.2, 0.25) is 0 Å². The van der Waals surface area contributed by atoms with Crippen LogP contribution in [0.5, 0.6) is 0 Å². The third kappa shape index (κ3) is 3.42. The monoisotopic (exact) mass is 241 g/mol. The van der Waals surface area contributed by atoms with Gasteiger partial charge in [-0.2, -0.15) is 0 Å². The maximum absolute atomic E-state index is 12.3. The molecule has 2 N–H and O–H groups in total. The zero-order valence-corrected chi connectivity index (χ0v) is 11.9. The van der Waals surface area contributed by atoms with Crippen molar-refractivity contribution in [1.29, 1.82) is 0 Å². The molecular weight excluding hydrogens is 214 g/mol. The second-order valence-corrected chi connectivity index (χ2v) is 6.17. The molecule has 0 radical (unpaired) electrons. The maximum Gasteiger partial charge on any atom is 0.240 e.